The maximum Gasteiger partial charge on any atom is 0.307 e. The predicted octanol–water partition coefficient (Wildman–Crippen LogP) is 2.70. The number of allylic oxidation sites excluding steroid dienone is 2. The Balaban J connectivity index is 1.46. The molecule has 1 fully saturated rings. The number of amides is 1. The summed E-state index contributed by atoms with van der Waals surface area (Å²) in [4.78, 5) is 24.2. The normalized spacial score (nSPS) is 26.2. The molecule has 2 bridgehead atoms. The molecular weight excluding hydrogens is 330 g/mol. The number of hydrogen-bond acceptors (Lipinski definition) is 3. The smallest absolute Gasteiger partial charge is 0.307 e. The lowest BCUT2D eigenvalue weighted by Gasteiger charge is -2.23. The summed E-state index contributed by atoms with van der Waals surface area (Å²) in [5, 5.41) is 16.7. The molecule has 26 heavy (non-hydrogen) atoms. The molecule has 1 aromatic carbocycles. The Morgan fingerprint density at radius 3 is 2.65 bits per heavy atom. The van der Waals surface area contributed by atoms with E-state index in [1.165, 1.54) is 5.56 Å². The molecule has 1 aromatic heterocycles. The van der Waals surface area contributed by atoms with E-state index >= 15 is 0 Å². The summed E-state index contributed by atoms with van der Waals surface area (Å²) >= 11 is 0. The molecule has 6 heteroatoms. The van der Waals surface area contributed by atoms with Gasteiger partial charge in [0.25, 0.3) is 0 Å². The monoisotopic (exact) mass is 351 g/mol. The van der Waals surface area contributed by atoms with Crippen molar-refractivity contribution in [1.29, 1.82) is 0 Å². The number of hydrogen-bond donors (Lipinski definition) is 2. The molecule has 2 N–H and O–H groups in total. The highest BCUT2D eigenvalue weighted by Crippen LogP contribution is 2.48. The third-order valence-electron chi connectivity index (χ3n) is 5.53. The summed E-state index contributed by atoms with van der Waals surface area (Å²) in [7, 11) is 0. The van der Waals surface area contributed by atoms with Gasteiger partial charge in [0.05, 0.1) is 18.4 Å². The molecule has 0 radical (unpaired) electrons. The van der Waals surface area contributed by atoms with Crippen LogP contribution in [-0.4, -0.2) is 26.8 Å². The van der Waals surface area contributed by atoms with Crippen molar-refractivity contribution < 1.29 is 14.7 Å². The maximum absolute atomic E-state index is 12.7. The number of aryl methyl sites for hydroxylation is 1. The zero-order valence-electron chi connectivity index (χ0n) is 14.5. The first-order valence-electron chi connectivity index (χ1n) is 8.83. The lowest BCUT2D eigenvalue weighted by atomic mass is 9.82. The van der Waals surface area contributed by atoms with Crippen molar-refractivity contribution in [2.45, 2.75) is 19.9 Å². The number of rotatable bonds is 5. The van der Waals surface area contributed by atoms with Gasteiger partial charge in [0.2, 0.25) is 5.91 Å². The van der Waals surface area contributed by atoms with E-state index in [1.807, 2.05) is 36.5 Å². The molecular formula is C20H21N3O3. The van der Waals surface area contributed by atoms with Crippen molar-refractivity contribution in [3.8, 4) is 0 Å². The Morgan fingerprint density at radius 2 is 1.92 bits per heavy atom. The number of carbonyl (C=O) groups excluding carboxylic acids is 1. The first-order valence-corrected chi connectivity index (χ1v) is 8.83. The Labute approximate surface area is 151 Å². The van der Waals surface area contributed by atoms with E-state index in [2.05, 4.69) is 23.4 Å². The van der Waals surface area contributed by atoms with E-state index in [0.29, 0.717) is 12.4 Å². The summed E-state index contributed by atoms with van der Waals surface area (Å²) in [5.41, 5.74) is 2.35. The summed E-state index contributed by atoms with van der Waals surface area (Å²) < 4.78 is 1.77. The van der Waals surface area contributed by atoms with Crippen molar-refractivity contribution >= 4 is 17.7 Å². The molecule has 4 rings (SSSR count). The van der Waals surface area contributed by atoms with Crippen molar-refractivity contribution in [2.24, 2.45) is 23.7 Å². The van der Waals surface area contributed by atoms with Crippen LogP contribution in [0.4, 0.5) is 5.82 Å². The van der Waals surface area contributed by atoms with Crippen LogP contribution in [0.25, 0.3) is 0 Å². The Hall–Kier alpha value is -2.89. The Bertz CT molecular complexity index is 886. The van der Waals surface area contributed by atoms with Crippen LogP contribution in [-0.2, 0) is 16.1 Å². The second kappa shape index (κ2) is 6.44. The zero-order valence-corrected chi connectivity index (χ0v) is 14.5. The fraction of sp³-hybridized carbons (Fsp3) is 0.350. The molecule has 0 spiro atoms. The van der Waals surface area contributed by atoms with Gasteiger partial charge in [-0.3, -0.25) is 14.3 Å². The van der Waals surface area contributed by atoms with Gasteiger partial charge in [-0.2, -0.15) is 5.10 Å². The van der Waals surface area contributed by atoms with Gasteiger partial charge in [-0.15, -0.1) is 0 Å². The standard InChI is InChI=1S/C20H21N3O3/c1-12-4-2-3-5-15(12)11-23-9-8-16(22-23)21-19(24)17-13-6-7-14(10-13)18(17)20(25)26/h2-9,13-14,17-18H,10-11H2,1H3,(H,25,26)(H,21,22,24)/t13-,14-,17-,18+/m0/s1. The highest BCUT2D eigenvalue weighted by atomic mass is 16.4. The molecule has 4 atom stereocenters. The van der Waals surface area contributed by atoms with Crippen molar-refractivity contribution in [3.05, 3.63) is 59.8 Å². The summed E-state index contributed by atoms with van der Waals surface area (Å²) in [6.45, 7) is 2.67. The summed E-state index contributed by atoms with van der Waals surface area (Å²) in [5.74, 6) is -1.88. The molecule has 134 valence electrons. The van der Waals surface area contributed by atoms with Crippen LogP contribution in [0.5, 0.6) is 0 Å². The van der Waals surface area contributed by atoms with Crippen LogP contribution < -0.4 is 5.32 Å². The third-order valence-corrected chi connectivity index (χ3v) is 5.53. The van der Waals surface area contributed by atoms with Crippen LogP contribution in [0, 0.1) is 30.6 Å². The zero-order chi connectivity index (χ0) is 18.3. The molecule has 1 amide bonds. The Morgan fingerprint density at radius 1 is 1.19 bits per heavy atom. The first kappa shape index (κ1) is 16.6. The van der Waals surface area contributed by atoms with Gasteiger partial charge < -0.3 is 10.4 Å². The topological polar surface area (TPSA) is 84.2 Å². The van der Waals surface area contributed by atoms with Gasteiger partial charge in [-0.25, -0.2) is 0 Å². The number of aliphatic carboxylic acids is 1. The first-order chi connectivity index (χ1) is 12.5. The van der Waals surface area contributed by atoms with E-state index in [1.54, 1.807) is 10.7 Å². The van der Waals surface area contributed by atoms with Gasteiger partial charge in [0.1, 0.15) is 0 Å². The molecule has 2 aromatic rings. The largest absolute Gasteiger partial charge is 0.481 e. The number of nitrogens with zero attached hydrogens (tertiary/aromatic N) is 2. The number of nitrogens with one attached hydrogen (secondary N) is 1. The number of carbonyl (C=O) groups is 2. The number of carboxylic acids is 1. The van der Waals surface area contributed by atoms with Gasteiger partial charge in [0.15, 0.2) is 5.82 Å². The highest BCUT2D eigenvalue weighted by molar-refractivity contribution is 5.95. The van der Waals surface area contributed by atoms with Gasteiger partial charge in [-0.1, -0.05) is 36.4 Å². The molecule has 0 aliphatic heterocycles. The predicted molar refractivity (Wildman–Crippen MR) is 96.5 cm³/mol. The van der Waals surface area contributed by atoms with Crippen LogP contribution in [0.3, 0.4) is 0 Å². The van der Waals surface area contributed by atoms with Crippen LogP contribution in [0.1, 0.15) is 17.5 Å². The van der Waals surface area contributed by atoms with Crippen molar-refractivity contribution in [3.63, 3.8) is 0 Å². The van der Waals surface area contributed by atoms with E-state index < -0.39 is 17.8 Å². The number of anilines is 1. The van der Waals surface area contributed by atoms with E-state index in [-0.39, 0.29) is 17.7 Å². The number of benzene rings is 1. The van der Waals surface area contributed by atoms with Crippen LogP contribution in [0.2, 0.25) is 0 Å². The molecule has 2 aliphatic rings. The molecule has 0 unspecified atom stereocenters. The number of carboxylic acid groups (broad SMARTS) is 1. The quantitative estimate of drug-likeness (QED) is 0.811. The second-order valence-corrected chi connectivity index (χ2v) is 7.15. The van der Waals surface area contributed by atoms with E-state index in [0.717, 1.165) is 12.0 Å². The maximum atomic E-state index is 12.7. The minimum absolute atomic E-state index is 0.00940. The van der Waals surface area contributed by atoms with Crippen molar-refractivity contribution in [1.82, 2.24) is 9.78 Å². The second-order valence-electron chi connectivity index (χ2n) is 7.15. The SMILES string of the molecule is Cc1ccccc1Cn1ccc(NC(=O)[C@@H]2[C@H](C(=O)O)[C@H]3C=C[C@H]2C3)n1. The fourth-order valence-corrected chi connectivity index (χ4v) is 4.20. The molecule has 2 aliphatic carbocycles. The van der Waals surface area contributed by atoms with Gasteiger partial charge in [-0.05, 0) is 36.3 Å². The average molecular weight is 351 g/mol. The summed E-state index contributed by atoms with van der Waals surface area (Å²) in [6, 6.07) is 9.83. The van der Waals surface area contributed by atoms with Gasteiger partial charge >= 0.3 is 5.97 Å². The molecule has 6 nitrogen and oxygen atoms in total. The minimum atomic E-state index is -0.896. The van der Waals surface area contributed by atoms with Crippen molar-refractivity contribution in [2.75, 3.05) is 5.32 Å². The van der Waals surface area contributed by atoms with Gasteiger partial charge in [0, 0.05) is 12.3 Å². The van der Waals surface area contributed by atoms with E-state index in [4.69, 9.17) is 0 Å². The highest BCUT2D eigenvalue weighted by Gasteiger charge is 2.51. The summed E-state index contributed by atoms with van der Waals surface area (Å²) in [6.07, 6.45) is 6.48. The number of aromatic nitrogens is 2. The minimum Gasteiger partial charge on any atom is -0.481 e. The third kappa shape index (κ3) is 2.92. The van der Waals surface area contributed by atoms with E-state index in [9.17, 15) is 14.7 Å². The lowest BCUT2D eigenvalue weighted by molar-refractivity contribution is -0.146. The fourth-order valence-electron chi connectivity index (χ4n) is 4.20. The Kier molecular flexibility index (Phi) is 4.11. The molecule has 1 heterocycles. The van der Waals surface area contributed by atoms with Crippen LogP contribution >= 0.6 is 0 Å². The van der Waals surface area contributed by atoms with Crippen LogP contribution in [0.15, 0.2) is 48.7 Å². The lowest BCUT2D eigenvalue weighted by Crippen LogP contribution is -2.36. The molecule has 0 saturated heterocycles. The average Bonchev–Trinajstić information content (AvgIpc) is 3.32. The number of fused-ring (bicyclic) bond motifs is 2. The molecule has 1 saturated carbocycles.